The minimum atomic E-state index is -1.38. The predicted molar refractivity (Wildman–Crippen MR) is 76.0 cm³/mol. The summed E-state index contributed by atoms with van der Waals surface area (Å²) in [6.07, 6.45) is 0. The Kier molecular flexibility index (Phi) is 3.74. The van der Waals surface area contributed by atoms with Gasteiger partial charge in [0.2, 0.25) is 5.91 Å². The van der Waals surface area contributed by atoms with E-state index in [9.17, 15) is 14.4 Å². The molecule has 2 aliphatic heterocycles. The quantitative estimate of drug-likeness (QED) is 0.451. The Morgan fingerprint density at radius 1 is 1.33 bits per heavy atom. The summed E-state index contributed by atoms with van der Waals surface area (Å²) in [5.74, 6) is -2.78. The van der Waals surface area contributed by atoms with Crippen LogP contribution < -0.4 is 5.73 Å². The molecule has 1 amide bonds. The van der Waals surface area contributed by atoms with Crippen LogP contribution in [0, 0.1) is 0 Å². The molecule has 0 aromatic rings. The number of nitrogens with two attached hydrogens (primary N) is 1. The average Bonchev–Trinajstić information content (AvgIpc) is 2.55. The Morgan fingerprint density at radius 2 is 1.90 bits per heavy atom. The first-order valence-electron chi connectivity index (χ1n) is 6.64. The number of amides is 1. The number of esters is 2. The lowest BCUT2D eigenvalue weighted by molar-refractivity contribution is -0.219. The molecule has 0 radical (unpaired) electrons. The van der Waals surface area contributed by atoms with E-state index in [0.717, 1.165) is 0 Å². The summed E-state index contributed by atoms with van der Waals surface area (Å²) in [6, 6.07) is -1.32. The summed E-state index contributed by atoms with van der Waals surface area (Å²) < 4.78 is 9.71. The lowest BCUT2D eigenvalue weighted by atomic mass is 9.96. The molecule has 118 valence electrons. The molecule has 2 fully saturated rings. The molecule has 3 atom stereocenters. The van der Waals surface area contributed by atoms with E-state index in [4.69, 9.17) is 15.2 Å². The van der Waals surface area contributed by atoms with Gasteiger partial charge in [0.1, 0.15) is 17.5 Å². The molecular weight excluding hydrogens is 296 g/mol. The number of ether oxygens (including phenoxy) is 2. The van der Waals surface area contributed by atoms with Crippen LogP contribution in [-0.2, 0) is 23.9 Å². The Morgan fingerprint density at radius 3 is 2.43 bits per heavy atom. The number of hydrogen-bond acceptors (Lipinski definition) is 7. The fourth-order valence-electron chi connectivity index (χ4n) is 2.69. The second-order valence-electron chi connectivity index (χ2n) is 6.20. The van der Waals surface area contributed by atoms with Gasteiger partial charge in [-0.2, -0.15) is 0 Å². The van der Waals surface area contributed by atoms with Crippen LogP contribution in [0.1, 0.15) is 34.6 Å². The van der Waals surface area contributed by atoms with Crippen molar-refractivity contribution in [1.29, 1.82) is 0 Å². The van der Waals surface area contributed by atoms with Crippen LogP contribution in [0.25, 0.3) is 0 Å². The van der Waals surface area contributed by atoms with Crippen molar-refractivity contribution in [2.24, 2.45) is 5.73 Å². The molecule has 21 heavy (non-hydrogen) atoms. The van der Waals surface area contributed by atoms with Crippen LogP contribution in [0.2, 0.25) is 0 Å². The van der Waals surface area contributed by atoms with Gasteiger partial charge in [0.15, 0.2) is 0 Å². The van der Waals surface area contributed by atoms with E-state index in [-0.39, 0.29) is 11.3 Å². The van der Waals surface area contributed by atoms with Gasteiger partial charge >= 0.3 is 11.9 Å². The molecule has 0 aromatic heterocycles. The van der Waals surface area contributed by atoms with Gasteiger partial charge in [0.05, 0.1) is 0 Å². The highest BCUT2D eigenvalue weighted by molar-refractivity contribution is 8.01. The molecule has 0 bridgehead atoms. The van der Waals surface area contributed by atoms with Crippen LogP contribution in [0.4, 0.5) is 0 Å². The molecule has 0 unspecified atom stereocenters. The molecule has 0 saturated carbocycles. The van der Waals surface area contributed by atoms with Crippen molar-refractivity contribution in [3.63, 3.8) is 0 Å². The summed E-state index contributed by atoms with van der Waals surface area (Å²) in [5, 5.41) is -0.207. The maximum absolute atomic E-state index is 12.4. The lowest BCUT2D eigenvalue weighted by Gasteiger charge is -2.42. The van der Waals surface area contributed by atoms with Crippen molar-refractivity contribution < 1.29 is 23.9 Å². The zero-order valence-electron chi connectivity index (χ0n) is 12.7. The predicted octanol–water partition coefficient (Wildman–Crippen LogP) is 0.218. The zero-order chi connectivity index (χ0) is 16.2. The molecule has 8 heteroatoms. The molecule has 0 aliphatic carbocycles. The first-order valence-corrected chi connectivity index (χ1v) is 7.52. The molecule has 2 rings (SSSR count). The monoisotopic (exact) mass is 316 g/mol. The van der Waals surface area contributed by atoms with Crippen LogP contribution in [0.15, 0.2) is 0 Å². The van der Waals surface area contributed by atoms with Crippen LogP contribution in [0.3, 0.4) is 0 Å². The van der Waals surface area contributed by atoms with E-state index in [2.05, 4.69) is 0 Å². The van der Waals surface area contributed by atoms with Gasteiger partial charge in [0.25, 0.3) is 5.79 Å². The zero-order valence-corrected chi connectivity index (χ0v) is 13.5. The summed E-state index contributed by atoms with van der Waals surface area (Å²) in [6.45, 7) is 7.91. The van der Waals surface area contributed by atoms with Gasteiger partial charge in [-0.1, -0.05) is 0 Å². The molecule has 2 aliphatic rings. The van der Waals surface area contributed by atoms with Crippen molar-refractivity contribution in [2.75, 3.05) is 0 Å². The van der Waals surface area contributed by atoms with Crippen molar-refractivity contribution in [2.45, 2.75) is 62.6 Å². The lowest BCUT2D eigenvalue weighted by Crippen LogP contribution is -2.69. The van der Waals surface area contributed by atoms with E-state index in [0.29, 0.717) is 0 Å². The van der Waals surface area contributed by atoms with Gasteiger partial charge in [-0.05, 0) is 13.8 Å². The second kappa shape index (κ2) is 4.88. The summed E-state index contributed by atoms with van der Waals surface area (Å²) in [5.41, 5.74) is 5.75. The third kappa shape index (κ3) is 2.74. The Balaban J connectivity index is 2.15. The van der Waals surface area contributed by atoms with Crippen molar-refractivity contribution in [3.8, 4) is 0 Å². The van der Waals surface area contributed by atoms with Gasteiger partial charge < -0.3 is 20.1 Å². The molecule has 0 aromatic carbocycles. The van der Waals surface area contributed by atoms with Gasteiger partial charge in [-0.3, -0.25) is 9.59 Å². The first kappa shape index (κ1) is 16.1. The molecule has 0 spiro atoms. The van der Waals surface area contributed by atoms with Crippen molar-refractivity contribution >= 4 is 29.6 Å². The highest BCUT2D eigenvalue weighted by atomic mass is 32.2. The largest absolute Gasteiger partial charge is 0.423 e. The van der Waals surface area contributed by atoms with Gasteiger partial charge in [-0.25, -0.2) is 4.79 Å². The molecular formula is C13H20N2O5S. The second-order valence-corrected chi connectivity index (χ2v) is 7.97. The smallest absolute Gasteiger partial charge is 0.333 e. The number of β-lactam (4-membered cyclic amide) rings is 1. The fraction of sp³-hybridized carbons (Fsp3) is 0.769. The van der Waals surface area contributed by atoms with Gasteiger partial charge in [0, 0.05) is 25.5 Å². The van der Waals surface area contributed by atoms with E-state index in [1.165, 1.54) is 37.4 Å². The van der Waals surface area contributed by atoms with Crippen LogP contribution in [0.5, 0.6) is 0 Å². The minimum absolute atomic E-state index is 0.207. The van der Waals surface area contributed by atoms with Crippen LogP contribution >= 0.6 is 11.8 Å². The van der Waals surface area contributed by atoms with E-state index in [1.54, 1.807) is 0 Å². The molecule has 2 saturated heterocycles. The molecule has 2 heterocycles. The molecule has 2 N–H and O–H groups in total. The van der Waals surface area contributed by atoms with E-state index in [1.807, 2.05) is 13.8 Å². The van der Waals surface area contributed by atoms with Crippen molar-refractivity contribution in [1.82, 2.24) is 4.90 Å². The van der Waals surface area contributed by atoms with Crippen LogP contribution in [-0.4, -0.2) is 50.7 Å². The fourth-order valence-corrected chi connectivity index (χ4v) is 4.25. The number of fused-ring (bicyclic) bond motifs is 1. The topological polar surface area (TPSA) is 98.9 Å². The molecule has 7 nitrogen and oxygen atoms in total. The third-order valence-electron chi connectivity index (χ3n) is 3.44. The average molecular weight is 316 g/mol. The Labute approximate surface area is 127 Å². The standard InChI is InChI=1S/C13H20N2O5S/c1-6(16)19-13(4,5)20-11(18)8-12(2,3)21-10-7(14)9(17)15(8)10/h7-8,10H,14H2,1-5H3/t7-,8+,10-/m1/s1. The first-order chi connectivity index (χ1) is 9.46. The number of carbonyl (C=O) groups is 3. The summed E-state index contributed by atoms with van der Waals surface area (Å²) in [4.78, 5) is 36.8. The minimum Gasteiger partial charge on any atom is -0.423 e. The SMILES string of the molecule is CC(=O)OC(C)(C)OC(=O)[C@@H]1N2C(=O)[C@@H](N)[C@H]2SC1(C)C. The number of hydrogen-bond donors (Lipinski definition) is 1. The summed E-state index contributed by atoms with van der Waals surface area (Å²) in [7, 11) is 0. The Bertz CT molecular complexity index is 505. The van der Waals surface area contributed by atoms with Crippen molar-refractivity contribution in [3.05, 3.63) is 0 Å². The summed E-state index contributed by atoms with van der Waals surface area (Å²) >= 11 is 1.48. The van der Waals surface area contributed by atoms with Gasteiger partial charge in [-0.15, -0.1) is 11.8 Å². The highest BCUT2D eigenvalue weighted by Gasteiger charge is 2.63. The third-order valence-corrected chi connectivity index (χ3v) is 5.03. The number of nitrogens with zero attached hydrogens (tertiary/aromatic N) is 1. The highest BCUT2D eigenvalue weighted by Crippen LogP contribution is 2.50. The van der Waals surface area contributed by atoms with E-state index >= 15 is 0 Å². The van der Waals surface area contributed by atoms with E-state index < -0.39 is 34.6 Å². The maximum Gasteiger partial charge on any atom is 0.333 e. The number of rotatable bonds is 3. The maximum atomic E-state index is 12.4. The Hall–Kier alpha value is -1.28. The normalized spacial score (nSPS) is 30.5. The number of thioether (sulfide) groups is 1. The number of carbonyl (C=O) groups excluding carboxylic acids is 3.